The Labute approximate surface area is 185 Å². The second kappa shape index (κ2) is 7.34. The molecule has 1 aliphatic heterocycles. The quantitative estimate of drug-likeness (QED) is 0.506. The molecule has 164 valence electrons. The smallest absolute Gasteiger partial charge is 0.278 e. The van der Waals surface area contributed by atoms with Gasteiger partial charge in [-0.25, -0.2) is 14.3 Å². The zero-order chi connectivity index (χ0) is 21.8. The molecule has 8 heteroatoms. The van der Waals surface area contributed by atoms with Gasteiger partial charge in [-0.3, -0.25) is 4.79 Å². The number of benzene rings is 1. The molecule has 1 saturated carbocycles. The molecule has 0 bridgehead atoms. The molecule has 8 nitrogen and oxygen atoms in total. The van der Waals surface area contributed by atoms with Crippen molar-refractivity contribution < 1.29 is 0 Å². The molecule has 4 heterocycles. The van der Waals surface area contributed by atoms with Gasteiger partial charge in [0.25, 0.3) is 5.56 Å². The minimum absolute atomic E-state index is 0.00774. The molecule has 0 amide bonds. The topological polar surface area (TPSA) is 81.7 Å². The molecule has 0 atom stereocenters. The third kappa shape index (κ3) is 3.22. The van der Waals surface area contributed by atoms with Crippen LogP contribution < -0.4 is 16.2 Å². The molecule has 0 spiro atoms. The van der Waals surface area contributed by atoms with Crippen molar-refractivity contribution in [3.63, 3.8) is 0 Å². The molecule has 6 rings (SSSR count). The first-order valence-electron chi connectivity index (χ1n) is 11.4. The van der Waals surface area contributed by atoms with Crippen LogP contribution in [0.15, 0.2) is 47.7 Å². The third-order valence-electron chi connectivity index (χ3n) is 6.37. The number of nitrogens with one attached hydrogen (secondary N) is 2. The number of rotatable bonds is 5. The van der Waals surface area contributed by atoms with Gasteiger partial charge in [0.15, 0.2) is 5.65 Å². The van der Waals surface area contributed by atoms with Crippen LogP contribution in [0.4, 0.5) is 11.6 Å². The second-order valence-corrected chi connectivity index (χ2v) is 9.07. The lowest BCUT2D eigenvalue weighted by atomic mass is 10.0. The summed E-state index contributed by atoms with van der Waals surface area (Å²) >= 11 is 0. The van der Waals surface area contributed by atoms with Crippen LogP contribution in [0.5, 0.6) is 0 Å². The Hall–Kier alpha value is -3.39. The van der Waals surface area contributed by atoms with Gasteiger partial charge in [-0.2, -0.15) is 4.98 Å². The zero-order valence-corrected chi connectivity index (χ0v) is 18.4. The van der Waals surface area contributed by atoms with E-state index in [4.69, 9.17) is 4.98 Å². The van der Waals surface area contributed by atoms with E-state index in [2.05, 4.69) is 56.8 Å². The predicted octanol–water partition coefficient (Wildman–Crippen LogP) is 3.69. The Morgan fingerprint density at radius 1 is 1.19 bits per heavy atom. The summed E-state index contributed by atoms with van der Waals surface area (Å²) in [6.07, 6.45) is 9.29. The molecule has 0 radical (unpaired) electrons. The highest BCUT2D eigenvalue weighted by Crippen LogP contribution is 2.35. The first-order chi connectivity index (χ1) is 15.6. The van der Waals surface area contributed by atoms with E-state index in [0.29, 0.717) is 23.0 Å². The van der Waals surface area contributed by atoms with Gasteiger partial charge < -0.3 is 15.2 Å². The Kier molecular flexibility index (Phi) is 4.43. The largest absolute Gasteiger partial charge is 0.349 e. The molecule has 2 N–H and O–H groups in total. The lowest BCUT2D eigenvalue weighted by molar-refractivity contribution is 0.475. The Bertz CT molecular complexity index is 1370. The number of aromatic nitrogens is 5. The molecule has 1 fully saturated rings. The van der Waals surface area contributed by atoms with Crippen LogP contribution in [-0.2, 0) is 13.0 Å². The zero-order valence-electron chi connectivity index (χ0n) is 18.4. The minimum atomic E-state index is -0.0676. The van der Waals surface area contributed by atoms with Crippen molar-refractivity contribution in [1.82, 2.24) is 29.2 Å². The maximum atomic E-state index is 13.2. The molecule has 32 heavy (non-hydrogen) atoms. The van der Waals surface area contributed by atoms with Gasteiger partial charge in [-0.05, 0) is 69.0 Å². The standard InChI is InChI=1S/C24H27N7O/c1-15(2)30-23(32)21-13-26-24(27-18-4-3-17-12-25-9-7-16(17)11-18)28-22(21)31(30)20-8-10-29(14-20)19-5-6-19/h3-4,8,10-11,13-15,19,25H,5-7,9,12H2,1-2H3,(H,26,27,28). The van der Waals surface area contributed by atoms with Crippen LogP contribution in [0.1, 0.15) is 49.9 Å². The highest BCUT2D eigenvalue weighted by Gasteiger charge is 2.25. The SMILES string of the molecule is CC(C)n1c(=O)c2cnc(Nc3ccc4c(c3)CCNC4)nc2n1-c1ccn(C2CC2)c1. The van der Waals surface area contributed by atoms with Crippen LogP contribution in [0.3, 0.4) is 0 Å². The molecular weight excluding hydrogens is 402 g/mol. The van der Waals surface area contributed by atoms with Crippen molar-refractivity contribution in [3.8, 4) is 5.69 Å². The Morgan fingerprint density at radius 2 is 2.06 bits per heavy atom. The van der Waals surface area contributed by atoms with Crippen molar-refractivity contribution in [3.05, 3.63) is 64.3 Å². The number of fused-ring (bicyclic) bond motifs is 2. The van der Waals surface area contributed by atoms with Crippen molar-refractivity contribution in [2.75, 3.05) is 11.9 Å². The molecule has 0 saturated heterocycles. The molecule has 0 unspecified atom stereocenters. The average Bonchev–Trinajstić information content (AvgIpc) is 3.46. The fraction of sp³-hybridized carbons (Fsp3) is 0.375. The van der Waals surface area contributed by atoms with E-state index in [1.807, 2.05) is 18.5 Å². The van der Waals surface area contributed by atoms with Gasteiger partial charge in [0.1, 0.15) is 5.39 Å². The maximum Gasteiger partial charge on any atom is 0.278 e. The summed E-state index contributed by atoms with van der Waals surface area (Å²) in [6.45, 7) is 5.94. The summed E-state index contributed by atoms with van der Waals surface area (Å²) in [6, 6.07) is 9.01. The first kappa shape index (κ1) is 19.3. The summed E-state index contributed by atoms with van der Waals surface area (Å²) in [4.78, 5) is 22.4. The van der Waals surface area contributed by atoms with Crippen molar-refractivity contribution >= 4 is 22.7 Å². The molecule has 1 aliphatic carbocycles. The monoisotopic (exact) mass is 429 g/mol. The van der Waals surface area contributed by atoms with E-state index in [0.717, 1.165) is 30.9 Å². The summed E-state index contributed by atoms with van der Waals surface area (Å²) in [5, 5.41) is 7.27. The Morgan fingerprint density at radius 3 is 2.88 bits per heavy atom. The third-order valence-corrected chi connectivity index (χ3v) is 6.37. The number of anilines is 2. The highest BCUT2D eigenvalue weighted by molar-refractivity contribution is 5.77. The van der Waals surface area contributed by atoms with Gasteiger partial charge in [0.05, 0.1) is 5.69 Å². The van der Waals surface area contributed by atoms with E-state index < -0.39 is 0 Å². The number of hydrogen-bond donors (Lipinski definition) is 2. The van der Waals surface area contributed by atoms with E-state index in [-0.39, 0.29) is 11.6 Å². The van der Waals surface area contributed by atoms with E-state index >= 15 is 0 Å². The lowest BCUT2D eigenvalue weighted by Gasteiger charge is -2.18. The fourth-order valence-corrected chi connectivity index (χ4v) is 4.58. The van der Waals surface area contributed by atoms with Gasteiger partial charge >= 0.3 is 0 Å². The molecule has 3 aromatic heterocycles. The molecule has 1 aromatic carbocycles. The van der Waals surface area contributed by atoms with Gasteiger partial charge in [0.2, 0.25) is 5.95 Å². The van der Waals surface area contributed by atoms with Crippen LogP contribution in [0.25, 0.3) is 16.7 Å². The average molecular weight is 430 g/mol. The van der Waals surface area contributed by atoms with E-state index in [1.165, 1.54) is 24.0 Å². The summed E-state index contributed by atoms with van der Waals surface area (Å²) < 4.78 is 5.94. The molecule has 4 aromatic rings. The van der Waals surface area contributed by atoms with Crippen molar-refractivity contribution in [1.29, 1.82) is 0 Å². The highest BCUT2D eigenvalue weighted by atomic mass is 16.1. The van der Waals surface area contributed by atoms with Gasteiger partial charge in [0, 0.05) is 42.9 Å². The molecule has 2 aliphatic rings. The van der Waals surface area contributed by atoms with E-state index in [9.17, 15) is 4.79 Å². The summed E-state index contributed by atoms with van der Waals surface area (Å²) in [7, 11) is 0. The van der Waals surface area contributed by atoms with Crippen molar-refractivity contribution in [2.45, 2.75) is 51.7 Å². The second-order valence-electron chi connectivity index (χ2n) is 9.07. The van der Waals surface area contributed by atoms with Crippen LogP contribution >= 0.6 is 0 Å². The van der Waals surface area contributed by atoms with E-state index in [1.54, 1.807) is 10.9 Å². The number of nitrogens with zero attached hydrogens (tertiary/aromatic N) is 5. The predicted molar refractivity (Wildman–Crippen MR) is 125 cm³/mol. The maximum absolute atomic E-state index is 13.2. The summed E-state index contributed by atoms with van der Waals surface area (Å²) in [5.74, 6) is 0.489. The Balaban J connectivity index is 1.44. The lowest BCUT2D eigenvalue weighted by Crippen LogP contribution is -2.24. The number of hydrogen-bond acceptors (Lipinski definition) is 5. The normalized spacial score (nSPS) is 16.0. The molecular formula is C24H27N7O. The van der Waals surface area contributed by atoms with Crippen LogP contribution in [0.2, 0.25) is 0 Å². The van der Waals surface area contributed by atoms with Crippen molar-refractivity contribution in [2.24, 2.45) is 0 Å². The van der Waals surface area contributed by atoms with Crippen LogP contribution in [0, 0.1) is 0 Å². The first-order valence-corrected chi connectivity index (χ1v) is 11.4. The fourth-order valence-electron chi connectivity index (χ4n) is 4.58. The minimum Gasteiger partial charge on any atom is -0.349 e. The van der Waals surface area contributed by atoms with Gasteiger partial charge in [-0.1, -0.05) is 6.07 Å². The van der Waals surface area contributed by atoms with Crippen LogP contribution in [-0.4, -0.2) is 30.4 Å². The summed E-state index contributed by atoms with van der Waals surface area (Å²) in [5.41, 5.74) is 5.14. The van der Waals surface area contributed by atoms with Gasteiger partial charge in [-0.15, -0.1) is 0 Å².